The number of benzene rings is 3. The molecule has 11 heteroatoms. The summed E-state index contributed by atoms with van der Waals surface area (Å²) in [6, 6.07) is 12.2. The van der Waals surface area contributed by atoms with Crippen LogP contribution in [0.25, 0.3) is 17.2 Å². The first kappa shape index (κ1) is 33.0. The van der Waals surface area contributed by atoms with Crippen molar-refractivity contribution in [1.29, 1.82) is 0 Å². The van der Waals surface area contributed by atoms with Gasteiger partial charge in [0, 0.05) is 41.2 Å². The van der Waals surface area contributed by atoms with Crippen LogP contribution in [0.5, 0.6) is 34.5 Å². The summed E-state index contributed by atoms with van der Waals surface area (Å²) in [6.45, 7) is 4.36. The minimum Gasteiger partial charge on any atom is -0.504 e. The van der Waals surface area contributed by atoms with E-state index in [9.17, 15) is 19.8 Å². The van der Waals surface area contributed by atoms with Crippen LogP contribution in [0.4, 0.5) is 0 Å². The molecule has 0 unspecified atom stereocenters. The second-order valence-corrected chi connectivity index (χ2v) is 10.6. The van der Waals surface area contributed by atoms with Crippen LogP contribution in [0.2, 0.25) is 0 Å². The van der Waals surface area contributed by atoms with Crippen molar-refractivity contribution in [3.05, 3.63) is 65.2 Å². The molecule has 4 rings (SSSR count). The third-order valence-corrected chi connectivity index (χ3v) is 8.02. The predicted molar refractivity (Wildman–Crippen MR) is 165 cm³/mol. The maximum absolute atomic E-state index is 13.4. The van der Waals surface area contributed by atoms with E-state index >= 15 is 0 Å². The number of hydrogen-bond acceptors (Lipinski definition) is 11. The van der Waals surface area contributed by atoms with E-state index < -0.39 is 41.4 Å². The normalized spacial score (nSPS) is 20.6. The Morgan fingerprint density at radius 3 is 1.93 bits per heavy atom. The first-order chi connectivity index (χ1) is 21.4. The minimum absolute atomic E-state index is 0.0367. The van der Waals surface area contributed by atoms with E-state index in [0.717, 1.165) is 5.56 Å². The molecule has 45 heavy (non-hydrogen) atoms. The maximum Gasteiger partial charge on any atom is 0.331 e. The molecular formula is C34H38O11. The van der Waals surface area contributed by atoms with Crippen LogP contribution in [0.15, 0.2) is 48.5 Å². The molecule has 0 spiro atoms. The first-order valence-corrected chi connectivity index (χ1v) is 14.1. The highest BCUT2D eigenvalue weighted by Gasteiger charge is 2.51. The number of ether oxygens (including phenoxy) is 7. The van der Waals surface area contributed by atoms with Crippen LogP contribution in [-0.2, 0) is 19.1 Å². The Labute approximate surface area is 261 Å². The number of esters is 2. The molecule has 3 aromatic carbocycles. The largest absolute Gasteiger partial charge is 0.504 e. The molecule has 0 bridgehead atoms. The van der Waals surface area contributed by atoms with Crippen LogP contribution in [0, 0.1) is 5.92 Å². The zero-order valence-corrected chi connectivity index (χ0v) is 26.5. The summed E-state index contributed by atoms with van der Waals surface area (Å²) in [7, 11) is 7.00. The molecule has 0 saturated heterocycles. The van der Waals surface area contributed by atoms with Crippen molar-refractivity contribution in [2.24, 2.45) is 5.92 Å². The van der Waals surface area contributed by atoms with Gasteiger partial charge in [0.05, 0.1) is 35.5 Å². The fraction of sp³-hybridized carbons (Fsp3) is 0.353. The number of rotatable bonds is 9. The van der Waals surface area contributed by atoms with Crippen molar-refractivity contribution in [3.8, 4) is 45.6 Å². The monoisotopic (exact) mass is 622 g/mol. The number of fused-ring (bicyclic) bond motifs is 3. The average molecular weight is 623 g/mol. The lowest BCUT2D eigenvalue weighted by molar-refractivity contribution is -0.181. The number of phenolic OH excluding ortho intramolecular Hbond substituents is 1. The zero-order chi connectivity index (χ0) is 33.1. The lowest BCUT2D eigenvalue weighted by Crippen LogP contribution is -2.46. The Kier molecular flexibility index (Phi) is 9.82. The molecule has 3 aromatic rings. The second-order valence-electron chi connectivity index (χ2n) is 10.6. The first-order valence-electron chi connectivity index (χ1n) is 14.1. The van der Waals surface area contributed by atoms with Gasteiger partial charge in [0.2, 0.25) is 11.5 Å². The number of carbonyl (C=O) groups is 2. The van der Waals surface area contributed by atoms with E-state index in [-0.39, 0.29) is 45.4 Å². The van der Waals surface area contributed by atoms with E-state index in [2.05, 4.69) is 0 Å². The fourth-order valence-corrected chi connectivity index (χ4v) is 5.66. The van der Waals surface area contributed by atoms with Crippen LogP contribution in [0.1, 0.15) is 49.7 Å². The van der Waals surface area contributed by atoms with Crippen LogP contribution in [-0.4, -0.2) is 63.3 Å². The number of methoxy groups -OCH3 is 5. The van der Waals surface area contributed by atoms with Crippen molar-refractivity contribution >= 4 is 18.0 Å². The standard InChI is InChI=1S/C34H38O11/c1-18-29(44-19(2)35)21-16-24(40-5)31(42-7)32(43-8)27(21)26-22(17-23(39-4)30(41-6)28(26)37)33(34(18,3)38)45-25(36)15-14-20-12-10-9-11-13-20/h9-18,29,33,37-38H,1-8H3/b15-14+/t18-,29+,33-,34-/m0/s1. The number of aromatic hydroxyl groups is 1. The van der Waals surface area contributed by atoms with E-state index in [1.54, 1.807) is 19.1 Å². The molecular weight excluding hydrogens is 584 g/mol. The zero-order valence-electron chi connectivity index (χ0n) is 26.5. The van der Waals surface area contributed by atoms with Crippen LogP contribution in [0.3, 0.4) is 0 Å². The van der Waals surface area contributed by atoms with Gasteiger partial charge in [0.1, 0.15) is 11.7 Å². The highest BCUT2D eigenvalue weighted by atomic mass is 16.6. The van der Waals surface area contributed by atoms with E-state index in [1.807, 2.05) is 30.3 Å². The summed E-state index contributed by atoms with van der Waals surface area (Å²) in [5.74, 6) is -2.13. The number of aliphatic hydroxyl groups is 1. The molecule has 0 aromatic heterocycles. The maximum atomic E-state index is 13.4. The highest BCUT2D eigenvalue weighted by molar-refractivity contribution is 5.90. The number of hydrogen-bond donors (Lipinski definition) is 2. The predicted octanol–water partition coefficient (Wildman–Crippen LogP) is 5.40. The SMILES string of the molecule is COc1cc2c(c(O)c1OC)-c1c(cc(OC)c(OC)c1OC)[C@H](OC(C)=O)[C@H](C)[C@](C)(O)[C@H]2OC(=O)/C=C/c1ccccc1. The Balaban J connectivity index is 2.13. The van der Waals surface area contributed by atoms with Gasteiger partial charge < -0.3 is 43.4 Å². The Morgan fingerprint density at radius 2 is 1.38 bits per heavy atom. The van der Waals surface area contributed by atoms with E-state index in [1.165, 1.54) is 61.5 Å². The van der Waals surface area contributed by atoms with E-state index in [4.69, 9.17) is 33.2 Å². The topological polar surface area (TPSA) is 139 Å². The molecule has 0 fully saturated rings. The Morgan fingerprint density at radius 1 is 0.800 bits per heavy atom. The van der Waals surface area contributed by atoms with Crippen molar-refractivity contribution in [1.82, 2.24) is 0 Å². The van der Waals surface area contributed by atoms with Crippen molar-refractivity contribution in [3.63, 3.8) is 0 Å². The number of carbonyl (C=O) groups excluding carboxylic acids is 2. The molecule has 0 amide bonds. The summed E-state index contributed by atoms with van der Waals surface area (Å²) < 4.78 is 40.0. The highest BCUT2D eigenvalue weighted by Crippen LogP contribution is 2.60. The molecule has 2 N–H and O–H groups in total. The molecule has 0 heterocycles. The van der Waals surface area contributed by atoms with Gasteiger partial charge in [-0.15, -0.1) is 0 Å². The fourth-order valence-electron chi connectivity index (χ4n) is 5.66. The Bertz CT molecular complexity index is 1590. The van der Waals surface area contributed by atoms with Gasteiger partial charge in [-0.1, -0.05) is 37.3 Å². The molecule has 1 aliphatic carbocycles. The molecule has 0 saturated carbocycles. The summed E-state index contributed by atoms with van der Waals surface area (Å²) in [5, 5.41) is 24.2. The van der Waals surface area contributed by atoms with E-state index in [0.29, 0.717) is 5.56 Å². The molecule has 11 nitrogen and oxygen atoms in total. The average Bonchev–Trinajstić information content (AvgIpc) is 3.03. The summed E-state index contributed by atoms with van der Waals surface area (Å²) >= 11 is 0. The van der Waals surface area contributed by atoms with Crippen molar-refractivity contribution in [2.75, 3.05) is 35.5 Å². The molecule has 0 aliphatic heterocycles. The quantitative estimate of drug-likeness (QED) is 0.234. The minimum atomic E-state index is -1.91. The molecule has 240 valence electrons. The van der Waals surface area contributed by atoms with Crippen molar-refractivity contribution in [2.45, 2.75) is 38.6 Å². The van der Waals surface area contributed by atoms with Crippen LogP contribution < -0.4 is 23.7 Å². The molecule has 0 radical (unpaired) electrons. The van der Waals surface area contributed by atoms with Gasteiger partial charge in [-0.2, -0.15) is 0 Å². The van der Waals surface area contributed by atoms with Crippen LogP contribution >= 0.6 is 0 Å². The number of phenols is 1. The molecule has 1 aliphatic rings. The lowest BCUT2D eigenvalue weighted by Gasteiger charge is -2.43. The van der Waals surface area contributed by atoms with Gasteiger partial charge in [-0.05, 0) is 30.7 Å². The third kappa shape index (κ3) is 6.08. The van der Waals surface area contributed by atoms with Gasteiger partial charge >= 0.3 is 11.9 Å². The van der Waals surface area contributed by atoms with Gasteiger partial charge in [0.15, 0.2) is 29.1 Å². The summed E-state index contributed by atoms with van der Waals surface area (Å²) in [6.07, 6.45) is 0.224. The smallest absolute Gasteiger partial charge is 0.331 e. The molecule has 4 atom stereocenters. The lowest BCUT2D eigenvalue weighted by atomic mass is 9.71. The second kappa shape index (κ2) is 13.4. The summed E-state index contributed by atoms with van der Waals surface area (Å²) in [5.41, 5.74) is -0.365. The van der Waals surface area contributed by atoms with Crippen molar-refractivity contribution < 1.29 is 53.0 Å². The summed E-state index contributed by atoms with van der Waals surface area (Å²) in [4.78, 5) is 25.9. The third-order valence-electron chi connectivity index (χ3n) is 8.02. The van der Waals surface area contributed by atoms with Gasteiger partial charge in [-0.25, -0.2) is 4.79 Å². The van der Waals surface area contributed by atoms with Gasteiger partial charge in [-0.3, -0.25) is 4.79 Å². The Hall–Kier alpha value is -4.90. The van der Waals surface area contributed by atoms with Gasteiger partial charge in [0.25, 0.3) is 0 Å².